The molecule has 1 aromatic heterocycles. The smallest absolute Gasteiger partial charge is 0.243 e. The molecule has 3 rings (SSSR count). The predicted molar refractivity (Wildman–Crippen MR) is 94.5 cm³/mol. The zero-order valence-corrected chi connectivity index (χ0v) is 15.1. The monoisotopic (exact) mass is 364 g/mol. The Morgan fingerprint density at radius 3 is 2.33 bits per heavy atom. The number of nitrogens with zero attached hydrogens (tertiary/aromatic N) is 2. The maximum atomic E-state index is 12.7. The zero-order valence-electron chi connectivity index (χ0n) is 13.5. The Morgan fingerprint density at radius 2 is 1.75 bits per heavy atom. The van der Waals surface area contributed by atoms with Crippen molar-refractivity contribution < 1.29 is 13.2 Å². The summed E-state index contributed by atoms with van der Waals surface area (Å²) >= 11 is 1.56. The first-order chi connectivity index (χ1) is 11.5. The fourth-order valence-corrected chi connectivity index (χ4v) is 4.83. The first-order valence-corrected chi connectivity index (χ1v) is 10.2. The molecule has 1 amide bonds. The van der Waals surface area contributed by atoms with Crippen LogP contribution in [0.25, 0.3) is 0 Å². The van der Waals surface area contributed by atoms with Gasteiger partial charge in [0.1, 0.15) is 0 Å². The molecule has 128 valence electrons. The molecular weight excluding hydrogens is 344 g/mol. The van der Waals surface area contributed by atoms with Gasteiger partial charge in [0, 0.05) is 31.1 Å². The first kappa shape index (κ1) is 17.1. The average Bonchev–Trinajstić information content (AvgIpc) is 3.08. The number of benzene rings is 1. The van der Waals surface area contributed by atoms with E-state index in [-0.39, 0.29) is 5.91 Å². The van der Waals surface area contributed by atoms with Crippen molar-refractivity contribution in [3.05, 3.63) is 52.2 Å². The molecule has 24 heavy (non-hydrogen) atoms. The Balaban J connectivity index is 1.62. The lowest BCUT2D eigenvalue weighted by molar-refractivity contribution is -0.131. The molecule has 0 saturated carbocycles. The maximum Gasteiger partial charge on any atom is 0.243 e. The molecule has 2 aromatic rings. The Morgan fingerprint density at radius 1 is 1.08 bits per heavy atom. The standard InChI is InChI=1S/C17H20N2O3S2/c1-14-4-6-16(7-5-14)24(21,22)19-10-8-18(9-11-19)17(20)13-15-3-2-12-23-15/h2-7,12H,8-11,13H2,1H3. The van der Waals surface area contributed by atoms with E-state index in [1.165, 1.54) is 4.31 Å². The lowest BCUT2D eigenvalue weighted by Crippen LogP contribution is -2.50. The molecule has 0 aliphatic carbocycles. The van der Waals surface area contributed by atoms with E-state index in [9.17, 15) is 13.2 Å². The predicted octanol–water partition coefficient (Wildman–Crippen LogP) is 2.13. The van der Waals surface area contributed by atoms with E-state index in [1.54, 1.807) is 40.5 Å². The number of rotatable bonds is 4. The van der Waals surface area contributed by atoms with Gasteiger partial charge in [-0.15, -0.1) is 11.3 Å². The molecule has 7 heteroatoms. The highest BCUT2D eigenvalue weighted by molar-refractivity contribution is 7.89. The molecule has 0 N–H and O–H groups in total. The number of sulfonamides is 1. The van der Waals surface area contributed by atoms with Crippen molar-refractivity contribution in [3.8, 4) is 0 Å². The summed E-state index contributed by atoms with van der Waals surface area (Å²) in [5.41, 5.74) is 1.03. The molecule has 1 aromatic carbocycles. The van der Waals surface area contributed by atoms with Crippen LogP contribution in [0, 0.1) is 6.92 Å². The Labute approximate surface area is 146 Å². The lowest BCUT2D eigenvalue weighted by atomic mass is 10.2. The van der Waals surface area contributed by atoms with Crippen LogP contribution in [0.2, 0.25) is 0 Å². The highest BCUT2D eigenvalue weighted by atomic mass is 32.2. The van der Waals surface area contributed by atoms with E-state index in [2.05, 4.69) is 0 Å². The third kappa shape index (κ3) is 3.68. The van der Waals surface area contributed by atoms with Gasteiger partial charge >= 0.3 is 0 Å². The van der Waals surface area contributed by atoms with Gasteiger partial charge < -0.3 is 4.90 Å². The SMILES string of the molecule is Cc1ccc(S(=O)(=O)N2CCN(C(=O)Cc3cccs3)CC2)cc1. The van der Waals surface area contributed by atoms with Gasteiger partial charge in [-0.2, -0.15) is 4.31 Å². The molecule has 0 bridgehead atoms. The van der Waals surface area contributed by atoms with Crippen LogP contribution in [-0.4, -0.2) is 49.7 Å². The Hall–Kier alpha value is -1.70. The number of thiophene rings is 1. The number of hydrogen-bond donors (Lipinski definition) is 0. The summed E-state index contributed by atoms with van der Waals surface area (Å²) in [5.74, 6) is 0.0600. The van der Waals surface area contributed by atoms with Crippen molar-refractivity contribution in [1.29, 1.82) is 0 Å². The van der Waals surface area contributed by atoms with Crippen molar-refractivity contribution in [2.45, 2.75) is 18.2 Å². The summed E-state index contributed by atoms with van der Waals surface area (Å²) in [6.07, 6.45) is 0.391. The summed E-state index contributed by atoms with van der Waals surface area (Å²) in [6, 6.07) is 10.7. The molecule has 1 saturated heterocycles. The molecule has 0 spiro atoms. The van der Waals surface area contributed by atoms with E-state index < -0.39 is 10.0 Å². The van der Waals surface area contributed by atoms with Crippen LogP contribution in [0.1, 0.15) is 10.4 Å². The highest BCUT2D eigenvalue weighted by Gasteiger charge is 2.30. The Bertz CT molecular complexity index is 791. The van der Waals surface area contributed by atoms with E-state index in [0.29, 0.717) is 37.5 Å². The maximum absolute atomic E-state index is 12.7. The van der Waals surface area contributed by atoms with Gasteiger partial charge in [-0.05, 0) is 30.5 Å². The summed E-state index contributed by atoms with van der Waals surface area (Å²) in [6.45, 7) is 3.48. The van der Waals surface area contributed by atoms with Crippen LogP contribution in [0.4, 0.5) is 0 Å². The normalized spacial score (nSPS) is 16.3. The molecule has 1 aliphatic rings. The van der Waals surface area contributed by atoms with Crippen LogP contribution >= 0.6 is 11.3 Å². The summed E-state index contributed by atoms with van der Waals surface area (Å²) < 4.78 is 26.8. The zero-order chi connectivity index (χ0) is 17.2. The van der Waals surface area contributed by atoms with Gasteiger partial charge in [0.2, 0.25) is 15.9 Å². The van der Waals surface area contributed by atoms with Gasteiger partial charge in [-0.25, -0.2) is 8.42 Å². The summed E-state index contributed by atoms with van der Waals surface area (Å²) in [5, 5.41) is 1.95. The number of aryl methyl sites for hydroxylation is 1. The van der Waals surface area contributed by atoms with E-state index in [0.717, 1.165) is 10.4 Å². The van der Waals surface area contributed by atoms with Crippen molar-refractivity contribution in [2.75, 3.05) is 26.2 Å². The number of amides is 1. The van der Waals surface area contributed by atoms with Crippen molar-refractivity contribution in [2.24, 2.45) is 0 Å². The number of piperazine rings is 1. The minimum atomic E-state index is -3.48. The second kappa shape index (κ2) is 7.04. The molecule has 1 aliphatic heterocycles. The van der Waals surface area contributed by atoms with Crippen molar-refractivity contribution in [3.63, 3.8) is 0 Å². The molecule has 0 radical (unpaired) electrons. The van der Waals surface area contributed by atoms with Crippen LogP contribution < -0.4 is 0 Å². The molecule has 0 unspecified atom stereocenters. The lowest BCUT2D eigenvalue weighted by Gasteiger charge is -2.34. The van der Waals surface area contributed by atoms with Crippen LogP contribution in [0.5, 0.6) is 0 Å². The quantitative estimate of drug-likeness (QED) is 0.835. The largest absolute Gasteiger partial charge is 0.340 e. The van der Waals surface area contributed by atoms with Crippen LogP contribution in [0.3, 0.4) is 0 Å². The van der Waals surface area contributed by atoms with Gasteiger partial charge in [-0.3, -0.25) is 4.79 Å². The van der Waals surface area contributed by atoms with E-state index in [4.69, 9.17) is 0 Å². The van der Waals surface area contributed by atoms with Crippen molar-refractivity contribution in [1.82, 2.24) is 9.21 Å². The number of hydrogen-bond acceptors (Lipinski definition) is 4. The second-order valence-corrected chi connectivity index (χ2v) is 8.82. The van der Waals surface area contributed by atoms with Gasteiger partial charge in [0.05, 0.1) is 11.3 Å². The Kier molecular flexibility index (Phi) is 5.03. The molecular formula is C17H20N2O3S2. The molecule has 5 nitrogen and oxygen atoms in total. The number of carbonyl (C=O) groups is 1. The van der Waals surface area contributed by atoms with E-state index >= 15 is 0 Å². The number of carbonyl (C=O) groups excluding carboxylic acids is 1. The summed E-state index contributed by atoms with van der Waals surface area (Å²) in [4.78, 5) is 15.4. The topological polar surface area (TPSA) is 57.7 Å². The fraction of sp³-hybridized carbons (Fsp3) is 0.353. The molecule has 0 atom stereocenters. The minimum absolute atomic E-state index is 0.0600. The molecule has 2 heterocycles. The van der Waals surface area contributed by atoms with Gasteiger partial charge in [0.15, 0.2) is 0 Å². The average molecular weight is 364 g/mol. The third-order valence-corrected chi connectivity index (χ3v) is 6.94. The van der Waals surface area contributed by atoms with Crippen LogP contribution in [-0.2, 0) is 21.2 Å². The second-order valence-electron chi connectivity index (χ2n) is 5.85. The summed E-state index contributed by atoms with van der Waals surface area (Å²) in [7, 11) is -3.48. The van der Waals surface area contributed by atoms with Crippen LogP contribution in [0.15, 0.2) is 46.7 Å². The van der Waals surface area contributed by atoms with Crippen molar-refractivity contribution >= 4 is 27.3 Å². The first-order valence-electron chi connectivity index (χ1n) is 7.84. The van der Waals surface area contributed by atoms with Gasteiger partial charge in [0.25, 0.3) is 0 Å². The fourth-order valence-electron chi connectivity index (χ4n) is 2.71. The third-order valence-electron chi connectivity index (χ3n) is 4.16. The highest BCUT2D eigenvalue weighted by Crippen LogP contribution is 2.19. The van der Waals surface area contributed by atoms with E-state index in [1.807, 2.05) is 24.4 Å². The minimum Gasteiger partial charge on any atom is -0.340 e. The molecule has 1 fully saturated rings. The van der Waals surface area contributed by atoms with Gasteiger partial charge in [-0.1, -0.05) is 23.8 Å².